The number of ether oxygens (including phenoxy) is 2. The molecule has 0 spiro atoms. The van der Waals surface area contributed by atoms with E-state index in [-0.39, 0.29) is 48.4 Å². The molecular formula is C20H16F3NO4. The minimum atomic E-state index is -0.992. The zero-order valence-corrected chi connectivity index (χ0v) is 14.7. The molecule has 0 bridgehead atoms. The predicted molar refractivity (Wildman–Crippen MR) is 91.9 cm³/mol. The first-order valence-electron chi connectivity index (χ1n) is 8.74. The van der Waals surface area contributed by atoms with Gasteiger partial charge in [0.2, 0.25) is 0 Å². The molecule has 5 nitrogen and oxygen atoms in total. The van der Waals surface area contributed by atoms with Crippen LogP contribution in [0.15, 0.2) is 30.3 Å². The monoisotopic (exact) mass is 391 g/mol. The maximum absolute atomic E-state index is 14.3. The Kier molecular flexibility index (Phi) is 4.70. The highest BCUT2D eigenvalue weighted by molar-refractivity contribution is 5.96. The summed E-state index contributed by atoms with van der Waals surface area (Å²) >= 11 is 0. The van der Waals surface area contributed by atoms with Crippen LogP contribution in [0.2, 0.25) is 0 Å². The van der Waals surface area contributed by atoms with Crippen molar-refractivity contribution in [2.24, 2.45) is 5.92 Å². The number of hydrogen-bond acceptors (Lipinski definition) is 4. The molecule has 1 fully saturated rings. The number of Topliss-reactive ketones (excluding diaryl/α,β-unsaturated/α-hetero) is 1. The summed E-state index contributed by atoms with van der Waals surface area (Å²) in [6, 6.07) is 5.77. The van der Waals surface area contributed by atoms with Crippen molar-refractivity contribution in [1.29, 1.82) is 0 Å². The number of halogens is 3. The summed E-state index contributed by atoms with van der Waals surface area (Å²) in [7, 11) is 0. The van der Waals surface area contributed by atoms with Gasteiger partial charge < -0.3 is 14.4 Å². The minimum Gasteiger partial charge on any atom is -0.493 e. The van der Waals surface area contributed by atoms with E-state index in [1.807, 2.05) is 0 Å². The van der Waals surface area contributed by atoms with Gasteiger partial charge in [0.1, 0.15) is 23.9 Å². The molecule has 2 aliphatic heterocycles. The molecule has 2 aliphatic rings. The maximum atomic E-state index is 14.3. The van der Waals surface area contributed by atoms with E-state index in [0.717, 1.165) is 18.2 Å². The predicted octanol–water partition coefficient (Wildman–Crippen LogP) is 2.76. The molecule has 0 aromatic heterocycles. The van der Waals surface area contributed by atoms with Crippen molar-refractivity contribution in [2.75, 3.05) is 26.3 Å². The number of nitrogens with zero attached hydrogens (tertiary/aromatic N) is 1. The maximum Gasteiger partial charge on any atom is 0.256 e. The summed E-state index contributed by atoms with van der Waals surface area (Å²) in [5.74, 6) is -2.75. The van der Waals surface area contributed by atoms with Crippen molar-refractivity contribution < 1.29 is 32.2 Å². The molecule has 8 heteroatoms. The molecule has 0 aliphatic carbocycles. The van der Waals surface area contributed by atoms with E-state index in [9.17, 15) is 22.8 Å². The van der Waals surface area contributed by atoms with Crippen LogP contribution in [0.25, 0.3) is 0 Å². The van der Waals surface area contributed by atoms with Gasteiger partial charge >= 0.3 is 0 Å². The van der Waals surface area contributed by atoms with E-state index in [0.29, 0.717) is 18.7 Å². The van der Waals surface area contributed by atoms with E-state index in [2.05, 4.69) is 0 Å². The van der Waals surface area contributed by atoms with Gasteiger partial charge in [-0.15, -0.1) is 0 Å². The van der Waals surface area contributed by atoms with Crippen LogP contribution in [0.3, 0.4) is 0 Å². The van der Waals surface area contributed by atoms with Gasteiger partial charge in [-0.05, 0) is 18.2 Å². The topological polar surface area (TPSA) is 55.8 Å². The number of ketones is 1. The Morgan fingerprint density at radius 3 is 2.64 bits per heavy atom. The number of amides is 1. The second-order valence-electron chi connectivity index (χ2n) is 6.91. The van der Waals surface area contributed by atoms with Gasteiger partial charge in [0.25, 0.3) is 5.91 Å². The second kappa shape index (κ2) is 7.18. The number of hydrogen-bond donors (Lipinski definition) is 0. The number of carbonyl (C=O) groups excluding carboxylic acids is 2. The fourth-order valence-corrected chi connectivity index (χ4v) is 3.25. The fourth-order valence-electron chi connectivity index (χ4n) is 3.25. The third-order valence-electron chi connectivity index (χ3n) is 4.78. The van der Waals surface area contributed by atoms with Crippen molar-refractivity contribution in [1.82, 2.24) is 4.90 Å². The number of benzene rings is 2. The highest BCUT2D eigenvalue weighted by atomic mass is 19.2. The fraction of sp³-hybridized carbons (Fsp3) is 0.300. The molecule has 2 aromatic carbocycles. The molecule has 1 amide bonds. The molecule has 0 N–H and O–H groups in total. The summed E-state index contributed by atoms with van der Waals surface area (Å²) in [5, 5.41) is 0. The van der Waals surface area contributed by atoms with Crippen LogP contribution in [-0.4, -0.2) is 42.9 Å². The van der Waals surface area contributed by atoms with Crippen molar-refractivity contribution >= 4 is 11.7 Å². The van der Waals surface area contributed by atoms with Crippen molar-refractivity contribution in [3.8, 4) is 11.5 Å². The molecule has 2 aromatic rings. The lowest BCUT2D eigenvalue weighted by molar-refractivity contribution is -0.121. The first kappa shape index (κ1) is 18.3. The Hall–Kier alpha value is -3.03. The van der Waals surface area contributed by atoms with Gasteiger partial charge in [-0.2, -0.15) is 0 Å². The van der Waals surface area contributed by atoms with Gasteiger partial charge in [-0.1, -0.05) is 0 Å². The van der Waals surface area contributed by atoms with Crippen LogP contribution in [-0.2, 0) is 11.2 Å². The van der Waals surface area contributed by atoms with Gasteiger partial charge in [-0.25, -0.2) is 13.2 Å². The average Bonchev–Trinajstić information content (AvgIpc) is 2.62. The van der Waals surface area contributed by atoms with Crippen LogP contribution in [0.1, 0.15) is 15.9 Å². The number of likely N-dealkylation sites (tertiary alicyclic amines) is 1. The normalized spacial score (nSPS) is 16.2. The molecule has 146 valence electrons. The molecular weight excluding hydrogens is 375 g/mol. The van der Waals surface area contributed by atoms with Crippen LogP contribution in [0, 0.1) is 23.4 Å². The molecule has 0 saturated carbocycles. The molecule has 0 atom stereocenters. The van der Waals surface area contributed by atoms with Crippen LogP contribution >= 0.6 is 0 Å². The SMILES string of the molecule is O=C1COc2cc(F)c(C(=O)N3CC(COc4ccc(F)c(F)c4)C3)cc2C1. The third kappa shape index (κ3) is 3.54. The molecule has 4 rings (SSSR count). The van der Waals surface area contributed by atoms with Crippen molar-refractivity contribution in [3.05, 3.63) is 58.9 Å². The Balaban J connectivity index is 1.35. The quantitative estimate of drug-likeness (QED) is 0.804. The van der Waals surface area contributed by atoms with E-state index in [1.54, 1.807) is 0 Å². The smallest absolute Gasteiger partial charge is 0.256 e. The van der Waals surface area contributed by atoms with E-state index in [4.69, 9.17) is 9.47 Å². The lowest BCUT2D eigenvalue weighted by Gasteiger charge is -2.39. The summed E-state index contributed by atoms with van der Waals surface area (Å²) < 4.78 is 50.9. The van der Waals surface area contributed by atoms with Gasteiger partial charge in [0.15, 0.2) is 17.4 Å². The standard InChI is InChI=1S/C20H16F3NO4/c21-16-2-1-14(5-18(16)23)27-9-11-7-24(8-11)20(26)15-4-12-3-13(25)10-28-19(12)6-17(15)22/h1-2,4-6,11H,3,7-10H2. The minimum absolute atomic E-state index is 0.00247. The highest BCUT2D eigenvalue weighted by Crippen LogP contribution is 2.29. The molecule has 0 radical (unpaired) electrons. The third-order valence-corrected chi connectivity index (χ3v) is 4.78. The average molecular weight is 391 g/mol. The van der Waals surface area contributed by atoms with E-state index in [1.165, 1.54) is 17.0 Å². The molecule has 1 saturated heterocycles. The largest absolute Gasteiger partial charge is 0.493 e. The van der Waals surface area contributed by atoms with Crippen LogP contribution in [0.5, 0.6) is 11.5 Å². The zero-order valence-electron chi connectivity index (χ0n) is 14.7. The Bertz CT molecular complexity index is 957. The van der Waals surface area contributed by atoms with Crippen LogP contribution in [0.4, 0.5) is 13.2 Å². The molecule has 2 heterocycles. The number of carbonyl (C=O) groups is 2. The summed E-state index contributed by atoms with van der Waals surface area (Å²) in [5.41, 5.74) is 0.400. The second-order valence-corrected chi connectivity index (χ2v) is 6.91. The summed E-state index contributed by atoms with van der Waals surface area (Å²) in [6.07, 6.45) is 0.112. The zero-order chi connectivity index (χ0) is 19.8. The lowest BCUT2D eigenvalue weighted by atomic mass is 9.97. The molecule has 28 heavy (non-hydrogen) atoms. The van der Waals surface area contributed by atoms with Gasteiger partial charge in [0.05, 0.1) is 12.2 Å². The number of rotatable bonds is 4. The Morgan fingerprint density at radius 1 is 1.11 bits per heavy atom. The molecule has 0 unspecified atom stereocenters. The van der Waals surface area contributed by atoms with Gasteiger partial charge in [-0.3, -0.25) is 9.59 Å². The first-order chi connectivity index (χ1) is 13.4. The lowest BCUT2D eigenvalue weighted by Crippen LogP contribution is -2.52. The number of fused-ring (bicyclic) bond motifs is 1. The Labute approximate surface area is 158 Å². The summed E-state index contributed by atoms with van der Waals surface area (Å²) in [4.78, 5) is 25.5. The van der Waals surface area contributed by atoms with E-state index < -0.39 is 23.4 Å². The first-order valence-corrected chi connectivity index (χ1v) is 8.74. The Morgan fingerprint density at radius 2 is 1.89 bits per heavy atom. The summed E-state index contributed by atoms with van der Waals surface area (Å²) in [6.45, 7) is 0.846. The van der Waals surface area contributed by atoms with Crippen molar-refractivity contribution in [2.45, 2.75) is 6.42 Å². The van der Waals surface area contributed by atoms with E-state index >= 15 is 0 Å². The van der Waals surface area contributed by atoms with Crippen molar-refractivity contribution in [3.63, 3.8) is 0 Å². The van der Waals surface area contributed by atoms with Crippen LogP contribution < -0.4 is 9.47 Å². The highest BCUT2D eigenvalue weighted by Gasteiger charge is 2.33. The van der Waals surface area contributed by atoms with Gasteiger partial charge in [0, 0.05) is 43.1 Å².